The minimum absolute atomic E-state index is 0.295. The van der Waals surface area contributed by atoms with Crippen molar-refractivity contribution in [2.45, 2.75) is 31.7 Å². The highest BCUT2D eigenvalue weighted by Gasteiger charge is 2.27. The van der Waals surface area contributed by atoms with Crippen LogP contribution in [0.2, 0.25) is 0 Å². The minimum atomic E-state index is 0.295. The van der Waals surface area contributed by atoms with Gasteiger partial charge in [0.15, 0.2) is 0 Å². The van der Waals surface area contributed by atoms with Crippen molar-refractivity contribution >= 4 is 0 Å². The van der Waals surface area contributed by atoms with E-state index in [-0.39, 0.29) is 0 Å². The Bertz CT molecular complexity index is 499. The van der Waals surface area contributed by atoms with Crippen molar-refractivity contribution in [2.24, 2.45) is 0 Å². The zero-order valence-electron chi connectivity index (χ0n) is 15.2. The first-order valence-electron chi connectivity index (χ1n) is 9.61. The maximum atomic E-state index is 9.27. The molecule has 1 aliphatic carbocycles. The summed E-state index contributed by atoms with van der Waals surface area (Å²) < 4.78 is 0. The largest absolute Gasteiger partial charge is 0.396 e. The van der Waals surface area contributed by atoms with E-state index in [1.54, 1.807) is 0 Å². The fourth-order valence-electron chi connectivity index (χ4n) is 4.18. The van der Waals surface area contributed by atoms with Crippen LogP contribution in [0.4, 0.5) is 0 Å². The lowest BCUT2D eigenvalue weighted by Crippen LogP contribution is -2.45. The third-order valence-electron chi connectivity index (χ3n) is 5.66. The molecule has 24 heavy (non-hydrogen) atoms. The van der Waals surface area contributed by atoms with Gasteiger partial charge in [0.1, 0.15) is 0 Å². The first-order chi connectivity index (χ1) is 11.8. The van der Waals surface area contributed by atoms with E-state index < -0.39 is 0 Å². The van der Waals surface area contributed by atoms with E-state index in [9.17, 15) is 5.11 Å². The SMILES string of the molecule is CN1CCN(CCCN(CCCO)C2CCc3ccccc32)CC1. The Morgan fingerprint density at radius 2 is 1.83 bits per heavy atom. The molecule has 1 unspecified atom stereocenters. The van der Waals surface area contributed by atoms with E-state index in [1.807, 2.05) is 0 Å². The molecule has 1 fully saturated rings. The normalized spacial score (nSPS) is 22.2. The second-order valence-corrected chi connectivity index (χ2v) is 7.36. The van der Waals surface area contributed by atoms with Gasteiger partial charge in [0.2, 0.25) is 0 Å². The number of aliphatic hydroxyl groups is 1. The van der Waals surface area contributed by atoms with E-state index in [0.717, 1.165) is 19.5 Å². The highest BCUT2D eigenvalue weighted by molar-refractivity contribution is 5.34. The van der Waals surface area contributed by atoms with Crippen LogP contribution in [0.1, 0.15) is 36.4 Å². The molecule has 4 heteroatoms. The van der Waals surface area contributed by atoms with Crippen LogP contribution in [0, 0.1) is 0 Å². The van der Waals surface area contributed by atoms with Crippen molar-refractivity contribution < 1.29 is 5.11 Å². The summed E-state index contributed by atoms with van der Waals surface area (Å²) in [6.45, 7) is 8.47. The molecular weight excluding hydrogens is 298 g/mol. The molecule has 1 N–H and O–H groups in total. The maximum Gasteiger partial charge on any atom is 0.0443 e. The Hall–Kier alpha value is -0.940. The van der Waals surface area contributed by atoms with Crippen LogP contribution < -0.4 is 0 Å². The van der Waals surface area contributed by atoms with E-state index in [2.05, 4.69) is 46.0 Å². The topological polar surface area (TPSA) is 30.0 Å². The standard InChI is InChI=1S/C20H33N3O/c1-21-13-15-22(16-14-21)10-4-11-23(12-5-17-24)20-9-8-18-6-2-3-7-19(18)20/h2-3,6-7,20,24H,4-5,8-17H2,1H3. The van der Waals surface area contributed by atoms with Gasteiger partial charge < -0.3 is 14.9 Å². The molecule has 2 aliphatic rings. The first-order valence-corrected chi connectivity index (χ1v) is 9.61. The van der Waals surface area contributed by atoms with Crippen molar-refractivity contribution in [2.75, 3.05) is 59.5 Å². The summed E-state index contributed by atoms with van der Waals surface area (Å²) in [5.41, 5.74) is 3.05. The molecule has 0 saturated carbocycles. The van der Waals surface area contributed by atoms with Gasteiger partial charge in [-0.3, -0.25) is 4.90 Å². The molecule has 0 radical (unpaired) electrons. The van der Waals surface area contributed by atoms with Crippen LogP contribution in [-0.2, 0) is 6.42 Å². The predicted octanol–water partition coefficient (Wildman–Crippen LogP) is 2.00. The molecule has 1 saturated heterocycles. The highest BCUT2D eigenvalue weighted by Crippen LogP contribution is 2.35. The lowest BCUT2D eigenvalue weighted by molar-refractivity contribution is 0.133. The smallest absolute Gasteiger partial charge is 0.0443 e. The average molecular weight is 332 g/mol. The Morgan fingerprint density at radius 1 is 1.08 bits per heavy atom. The number of nitrogens with zero attached hydrogens (tertiary/aromatic N) is 3. The third-order valence-corrected chi connectivity index (χ3v) is 5.66. The lowest BCUT2D eigenvalue weighted by atomic mass is 10.1. The van der Waals surface area contributed by atoms with E-state index in [4.69, 9.17) is 0 Å². The molecule has 3 rings (SSSR count). The summed E-state index contributed by atoms with van der Waals surface area (Å²) in [7, 11) is 2.21. The van der Waals surface area contributed by atoms with E-state index in [0.29, 0.717) is 12.6 Å². The number of aryl methyl sites for hydroxylation is 1. The number of hydrogen-bond donors (Lipinski definition) is 1. The zero-order chi connectivity index (χ0) is 16.8. The van der Waals surface area contributed by atoms with Crippen molar-refractivity contribution in [1.29, 1.82) is 0 Å². The molecule has 4 nitrogen and oxygen atoms in total. The monoisotopic (exact) mass is 331 g/mol. The van der Waals surface area contributed by atoms with Crippen LogP contribution >= 0.6 is 0 Å². The molecule has 0 aromatic heterocycles. The van der Waals surface area contributed by atoms with Crippen molar-refractivity contribution in [1.82, 2.24) is 14.7 Å². The number of aliphatic hydroxyl groups excluding tert-OH is 1. The fourth-order valence-corrected chi connectivity index (χ4v) is 4.18. The maximum absolute atomic E-state index is 9.27. The zero-order valence-corrected chi connectivity index (χ0v) is 15.2. The summed E-state index contributed by atoms with van der Waals surface area (Å²) in [5.74, 6) is 0. The Kier molecular flexibility index (Phi) is 6.67. The second-order valence-electron chi connectivity index (χ2n) is 7.36. The van der Waals surface area contributed by atoms with Crippen LogP contribution in [0.15, 0.2) is 24.3 Å². The Labute approximate surface area is 147 Å². The Morgan fingerprint density at radius 3 is 2.62 bits per heavy atom. The number of piperazine rings is 1. The van der Waals surface area contributed by atoms with Gasteiger partial charge in [-0.25, -0.2) is 0 Å². The number of likely N-dealkylation sites (N-methyl/N-ethyl adjacent to an activating group) is 1. The lowest BCUT2D eigenvalue weighted by Gasteiger charge is -2.34. The summed E-state index contributed by atoms with van der Waals surface area (Å²) in [6.07, 6.45) is 4.55. The molecular formula is C20H33N3O. The molecule has 0 spiro atoms. The summed E-state index contributed by atoms with van der Waals surface area (Å²) in [6, 6.07) is 9.47. The first kappa shape index (κ1) is 17.9. The average Bonchev–Trinajstić information content (AvgIpc) is 3.03. The summed E-state index contributed by atoms with van der Waals surface area (Å²) in [4.78, 5) is 7.64. The van der Waals surface area contributed by atoms with Gasteiger partial charge in [-0.05, 0) is 56.9 Å². The molecule has 1 aromatic carbocycles. The molecule has 1 aliphatic heterocycles. The van der Waals surface area contributed by atoms with Gasteiger partial charge in [0.25, 0.3) is 0 Å². The van der Waals surface area contributed by atoms with Crippen LogP contribution in [0.5, 0.6) is 0 Å². The minimum Gasteiger partial charge on any atom is -0.396 e. The molecule has 0 amide bonds. The van der Waals surface area contributed by atoms with Crippen LogP contribution in [0.3, 0.4) is 0 Å². The van der Waals surface area contributed by atoms with Gasteiger partial charge in [-0.2, -0.15) is 0 Å². The van der Waals surface area contributed by atoms with Gasteiger partial charge in [0.05, 0.1) is 0 Å². The van der Waals surface area contributed by atoms with E-state index in [1.165, 1.54) is 63.1 Å². The van der Waals surface area contributed by atoms with Crippen molar-refractivity contribution in [3.05, 3.63) is 35.4 Å². The Balaban J connectivity index is 1.53. The number of benzene rings is 1. The third kappa shape index (κ3) is 4.57. The van der Waals surface area contributed by atoms with Crippen molar-refractivity contribution in [3.8, 4) is 0 Å². The van der Waals surface area contributed by atoms with Crippen LogP contribution in [-0.4, -0.2) is 79.3 Å². The summed E-state index contributed by atoms with van der Waals surface area (Å²) >= 11 is 0. The van der Waals surface area contributed by atoms with Gasteiger partial charge in [0, 0.05) is 45.4 Å². The number of fused-ring (bicyclic) bond motifs is 1. The quantitative estimate of drug-likeness (QED) is 0.789. The summed E-state index contributed by atoms with van der Waals surface area (Å²) in [5, 5.41) is 9.27. The molecule has 0 bridgehead atoms. The molecule has 1 atom stereocenters. The molecule has 1 aromatic rings. The number of hydrogen-bond acceptors (Lipinski definition) is 4. The fraction of sp³-hybridized carbons (Fsp3) is 0.700. The number of rotatable bonds is 8. The predicted molar refractivity (Wildman–Crippen MR) is 99.3 cm³/mol. The molecule has 1 heterocycles. The second kappa shape index (κ2) is 8.95. The van der Waals surface area contributed by atoms with Gasteiger partial charge in [-0.1, -0.05) is 24.3 Å². The van der Waals surface area contributed by atoms with E-state index >= 15 is 0 Å². The van der Waals surface area contributed by atoms with Gasteiger partial charge in [-0.15, -0.1) is 0 Å². The van der Waals surface area contributed by atoms with Gasteiger partial charge >= 0.3 is 0 Å². The highest BCUT2D eigenvalue weighted by atomic mass is 16.3. The van der Waals surface area contributed by atoms with Crippen molar-refractivity contribution in [3.63, 3.8) is 0 Å². The van der Waals surface area contributed by atoms with Crippen LogP contribution in [0.25, 0.3) is 0 Å². The molecule has 134 valence electrons.